The maximum atomic E-state index is 15.4. The summed E-state index contributed by atoms with van der Waals surface area (Å²) in [6.07, 6.45) is -3.84. The second-order valence-corrected chi connectivity index (χ2v) is 16.6. The highest BCUT2D eigenvalue weighted by atomic mass is 32.2. The zero-order valence-electron chi connectivity index (χ0n) is 33.5. The standard InChI is InChI=1S/C42H45F3N6O7S/c1-41(2,3)58-40(52)49-23-21-31(22-24-49)35-19-20-36(42(43,44)45)38(37(35)39-46-47-48-51(39)27-30-11-17-34(57-6)18-12-30)59(53,54)50(25-28-7-13-32(55-4)14-8-28)26-29-9-15-33(56-5)16-10-29/h7-21H,22-27H2,1-6H3. The first kappa shape index (κ1) is 42.7. The van der Waals surface area contributed by atoms with Crippen molar-refractivity contribution in [3.05, 3.63) is 119 Å². The largest absolute Gasteiger partial charge is 0.497 e. The summed E-state index contributed by atoms with van der Waals surface area (Å²) in [5.41, 5.74) is -0.147. The van der Waals surface area contributed by atoms with Crippen molar-refractivity contribution in [2.24, 2.45) is 0 Å². The van der Waals surface area contributed by atoms with Crippen LogP contribution in [0.15, 0.2) is 95.9 Å². The number of tetrazole rings is 1. The van der Waals surface area contributed by atoms with Crippen LogP contribution in [0, 0.1) is 0 Å². The van der Waals surface area contributed by atoms with Crippen LogP contribution in [0.5, 0.6) is 17.2 Å². The fourth-order valence-corrected chi connectivity index (χ4v) is 8.40. The monoisotopic (exact) mass is 834 g/mol. The summed E-state index contributed by atoms with van der Waals surface area (Å²) in [5.74, 6) is 1.41. The lowest BCUT2D eigenvalue weighted by molar-refractivity contribution is -0.139. The molecule has 0 atom stereocenters. The molecule has 17 heteroatoms. The van der Waals surface area contributed by atoms with Crippen LogP contribution < -0.4 is 14.2 Å². The number of benzene rings is 4. The van der Waals surface area contributed by atoms with Crippen LogP contribution in [0.3, 0.4) is 0 Å². The first-order chi connectivity index (χ1) is 28.0. The predicted molar refractivity (Wildman–Crippen MR) is 213 cm³/mol. The summed E-state index contributed by atoms with van der Waals surface area (Å²) >= 11 is 0. The highest BCUT2D eigenvalue weighted by Gasteiger charge is 2.43. The minimum atomic E-state index is -5.13. The lowest BCUT2D eigenvalue weighted by atomic mass is 9.92. The van der Waals surface area contributed by atoms with Crippen molar-refractivity contribution in [3.8, 4) is 28.6 Å². The Hall–Kier alpha value is -5.94. The van der Waals surface area contributed by atoms with Crippen molar-refractivity contribution in [1.29, 1.82) is 0 Å². The van der Waals surface area contributed by atoms with Crippen molar-refractivity contribution < 1.29 is 45.3 Å². The molecular weight excluding hydrogens is 790 g/mol. The molecule has 6 rings (SSSR count). The average molecular weight is 835 g/mol. The normalized spacial score (nSPS) is 13.6. The van der Waals surface area contributed by atoms with Gasteiger partial charge in [-0.05, 0) is 108 Å². The Morgan fingerprint density at radius 3 is 1.76 bits per heavy atom. The predicted octanol–water partition coefficient (Wildman–Crippen LogP) is 7.85. The topological polar surface area (TPSA) is 138 Å². The average Bonchev–Trinajstić information content (AvgIpc) is 3.67. The molecular formula is C42H45F3N6O7S. The van der Waals surface area contributed by atoms with E-state index in [-0.39, 0.29) is 56.1 Å². The molecule has 4 aromatic carbocycles. The van der Waals surface area contributed by atoms with E-state index in [4.69, 9.17) is 18.9 Å². The van der Waals surface area contributed by atoms with Crippen LogP contribution in [-0.2, 0) is 40.6 Å². The molecule has 1 aliphatic heterocycles. The Morgan fingerprint density at radius 1 is 0.780 bits per heavy atom. The number of rotatable bonds is 13. The maximum absolute atomic E-state index is 15.4. The van der Waals surface area contributed by atoms with Gasteiger partial charge in [0.25, 0.3) is 0 Å². The highest BCUT2D eigenvalue weighted by Crippen LogP contribution is 2.45. The first-order valence-corrected chi connectivity index (χ1v) is 20.0. The van der Waals surface area contributed by atoms with Crippen molar-refractivity contribution in [3.63, 3.8) is 0 Å². The molecule has 13 nitrogen and oxygen atoms in total. The number of sulfonamides is 1. The van der Waals surface area contributed by atoms with Gasteiger partial charge in [0.15, 0.2) is 5.82 Å². The summed E-state index contributed by atoms with van der Waals surface area (Å²) in [6.45, 7) is 4.83. The van der Waals surface area contributed by atoms with E-state index in [1.807, 2.05) is 0 Å². The molecule has 0 radical (unpaired) electrons. The van der Waals surface area contributed by atoms with Gasteiger partial charge in [-0.3, -0.25) is 0 Å². The summed E-state index contributed by atoms with van der Waals surface area (Å²) in [4.78, 5) is 13.4. The second kappa shape index (κ2) is 17.5. The van der Waals surface area contributed by atoms with Crippen LogP contribution in [0.1, 0.15) is 55.0 Å². The SMILES string of the molecule is COc1ccc(CN(Cc2ccc(OC)cc2)S(=O)(=O)c2c(C(F)(F)F)ccc(C3=CCN(C(=O)OC(C)(C)C)CC3)c2-c2nnnn2Cc2ccc(OC)cc2)cc1. The zero-order valence-corrected chi connectivity index (χ0v) is 34.3. The number of alkyl halides is 3. The molecule has 1 amide bonds. The number of carbonyl (C=O) groups excluding carboxylic acids is 1. The smallest absolute Gasteiger partial charge is 0.417 e. The third-order valence-corrected chi connectivity index (χ3v) is 11.4. The van der Waals surface area contributed by atoms with Crippen LogP contribution in [0.2, 0.25) is 0 Å². The van der Waals surface area contributed by atoms with Crippen molar-refractivity contribution >= 4 is 21.7 Å². The number of methoxy groups -OCH3 is 3. The number of hydrogen-bond donors (Lipinski definition) is 0. The van der Waals surface area contributed by atoms with Gasteiger partial charge in [0, 0.05) is 31.7 Å². The number of hydrogen-bond acceptors (Lipinski definition) is 10. The van der Waals surface area contributed by atoms with E-state index in [2.05, 4.69) is 15.5 Å². The quantitative estimate of drug-likeness (QED) is 0.115. The van der Waals surface area contributed by atoms with E-state index in [1.54, 1.807) is 99.6 Å². The molecule has 0 saturated heterocycles. The lowest BCUT2D eigenvalue weighted by Gasteiger charge is -2.31. The molecule has 0 unspecified atom stereocenters. The molecule has 0 fully saturated rings. The summed E-state index contributed by atoms with van der Waals surface area (Å²) in [5, 5.41) is 12.2. The summed E-state index contributed by atoms with van der Waals surface area (Å²) in [7, 11) is -0.596. The van der Waals surface area contributed by atoms with E-state index in [0.29, 0.717) is 39.5 Å². The van der Waals surface area contributed by atoms with Gasteiger partial charge in [-0.15, -0.1) is 5.10 Å². The van der Waals surface area contributed by atoms with Gasteiger partial charge in [0.1, 0.15) is 27.7 Å². The van der Waals surface area contributed by atoms with Crippen LogP contribution in [0.25, 0.3) is 17.0 Å². The van der Waals surface area contributed by atoms with Crippen molar-refractivity contribution in [1.82, 2.24) is 29.4 Å². The summed E-state index contributed by atoms with van der Waals surface area (Å²) in [6, 6.07) is 22.1. The molecule has 312 valence electrons. The molecule has 0 N–H and O–H groups in total. The van der Waals surface area contributed by atoms with Gasteiger partial charge in [0.05, 0.1) is 33.4 Å². The van der Waals surface area contributed by atoms with Gasteiger partial charge < -0.3 is 23.8 Å². The zero-order chi connectivity index (χ0) is 42.5. The van der Waals surface area contributed by atoms with E-state index >= 15 is 21.6 Å². The van der Waals surface area contributed by atoms with Gasteiger partial charge in [-0.1, -0.05) is 48.5 Å². The van der Waals surface area contributed by atoms with Crippen LogP contribution in [-0.4, -0.2) is 83.9 Å². The van der Waals surface area contributed by atoms with E-state index < -0.39 is 38.4 Å². The number of nitrogens with zero attached hydrogens (tertiary/aromatic N) is 6. The van der Waals surface area contributed by atoms with Crippen molar-refractivity contribution in [2.75, 3.05) is 34.4 Å². The van der Waals surface area contributed by atoms with E-state index in [0.717, 1.165) is 10.4 Å². The van der Waals surface area contributed by atoms with Gasteiger partial charge in [0.2, 0.25) is 10.0 Å². The molecule has 0 aliphatic carbocycles. The minimum Gasteiger partial charge on any atom is -0.497 e. The first-order valence-electron chi connectivity index (χ1n) is 18.6. The fraction of sp³-hybridized carbons (Fsp3) is 0.333. The molecule has 1 aromatic heterocycles. The Labute approximate surface area is 341 Å². The molecule has 0 saturated carbocycles. The lowest BCUT2D eigenvalue weighted by Crippen LogP contribution is -2.39. The number of ether oxygens (including phenoxy) is 4. The molecule has 0 spiro atoms. The third-order valence-electron chi connectivity index (χ3n) is 9.55. The summed E-state index contributed by atoms with van der Waals surface area (Å²) < 4.78 is 101. The maximum Gasteiger partial charge on any atom is 0.417 e. The Bertz CT molecular complexity index is 2350. The Balaban J connectivity index is 1.57. The molecule has 0 bridgehead atoms. The molecule has 59 heavy (non-hydrogen) atoms. The number of amides is 1. The van der Waals surface area contributed by atoms with Gasteiger partial charge in [-0.2, -0.15) is 17.5 Å². The number of carbonyl (C=O) groups is 1. The molecule has 5 aromatic rings. The molecule has 1 aliphatic rings. The third kappa shape index (κ3) is 10.0. The molecule has 2 heterocycles. The Morgan fingerprint density at radius 2 is 1.31 bits per heavy atom. The Kier molecular flexibility index (Phi) is 12.7. The number of halogens is 3. The minimum absolute atomic E-state index is 0.0195. The van der Waals surface area contributed by atoms with Gasteiger partial charge in [-0.25, -0.2) is 17.9 Å². The van der Waals surface area contributed by atoms with Crippen LogP contribution in [0.4, 0.5) is 18.0 Å². The number of aromatic nitrogens is 4. The van der Waals surface area contributed by atoms with E-state index in [1.165, 1.54) is 37.0 Å². The second-order valence-electron chi connectivity index (χ2n) is 14.7. The fourth-order valence-electron chi connectivity index (χ4n) is 6.59. The highest BCUT2D eigenvalue weighted by molar-refractivity contribution is 7.89. The van der Waals surface area contributed by atoms with E-state index in [9.17, 15) is 4.79 Å². The van der Waals surface area contributed by atoms with Crippen LogP contribution >= 0.6 is 0 Å². The van der Waals surface area contributed by atoms with Gasteiger partial charge >= 0.3 is 12.3 Å². The van der Waals surface area contributed by atoms with Crippen molar-refractivity contribution in [2.45, 2.75) is 63.5 Å².